The van der Waals surface area contributed by atoms with Gasteiger partial charge in [-0.05, 0) is 6.92 Å². The van der Waals surface area contributed by atoms with E-state index in [1.54, 1.807) is 13.3 Å². The summed E-state index contributed by atoms with van der Waals surface area (Å²) in [7, 11) is 5.83. The Hall–Kier alpha value is -2.58. The molecule has 0 spiro atoms. The van der Waals surface area contributed by atoms with Gasteiger partial charge < -0.3 is 160 Å². The first-order valence-corrected chi connectivity index (χ1v) is 41.7. The van der Waals surface area contributed by atoms with Crippen molar-refractivity contribution in [2.24, 2.45) is 85.3 Å². The van der Waals surface area contributed by atoms with E-state index in [1.165, 1.54) is 28.4 Å². The monoisotopic (exact) mass is 1650 g/mol. The van der Waals surface area contributed by atoms with E-state index in [4.69, 9.17) is 114 Å². The van der Waals surface area contributed by atoms with Gasteiger partial charge in [0, 0.05) is 364 Å². The molecule has 114 heavy (non-hydrogen) atoms. The Morgan fingerprint density at radius 2 is 0.623 bits per heavy atom. The fourth-order valence-electron chi connectivity index (χ4n) is 13.0. The summed E-state index contributed by atoms with van der Waals surface area (Å²) in [6.45, 7) is 45.2. The van der Waals surface area contributed by atoms with Gasteiger partial charge in [0.15, 0.2) is 12.6 Å². The summed E-state index contributed by atoms with van der Waals surface area (Å²) < 4.78 is 35.9. The number of nitrogens with two attached hydrogens (primary N) is 14. The van der Waals surface area contributed by atoms with Crippen molar-refractivity contribution < 1.29 is 61.2 Å². The number of carbonyl (C=O) groups excluding carboxylic acids is 1. The summed E-state index contributed by atoms with van der Waals surface area (Å²) in [4.78, 5) is 37.8. The topological polar surface area (TPSA) is 632 Å². The minimum atomic E-state index is -0.954. The van der Waals surface area contributed by atoms with E-state index < -0.39 is 61.3 Å². The summed E-state index contributed by atoms with van der Waals surface area (Å²) in [5.41, 5.74) is 81.4. The van der Waals surface area contributed by atoms with Crippen LogP contribution >= 0.6 is 0 Å². The third-order valence-corrected chi connectivity index (χ3v) is 19.5. The maximum Gasteiger partial charge on any atom is 1.00 e. The second-order valence-corrected chi connectivity index (χ2v) is 27.8. The van der Waals surface area contributed by atoms with E-state index in [-0.39, 0.29) is 16.1 Å². The fraction of sp³-hybridized carbons (Fsp3) is 0.972. The smallest absolute Gasteiger partial charge is 0.468 e. The number of ether oxygens (including phenoxy) is 7. The number of aliphatic hydroxyl groups excluding tert-OH is 4. The molecular formula is C72H177N30O12+. The predicted molar refractivity (Wildman–Crippen MR) is 462 cm³/mol. The molecule has 0 aliphatic carbocycles. The summed E-state index contributed by atoms with van der Waals surface area (Å²) in [5, 5.41) is 56.4. The van der Waals surface area contributed by atoms with Crippen molar-refractivity contribution in [1.29, 1.82) is 0 Å². The van der Waals surface area contributed by atoms with Crippen LogP contribution in [0.25, 0.3) is 0 Å². The Balaban J connectivity index is -0.000000889. The lowest BCUT2D eigenvalue weighted by atomic mass is 9.97. The minimum absolute atomic E-state index is 0. The molecule has 2 saturated heterocycles. The lowest BCUT2D eigenvalue weighted by molar-refractivity contribution is -0.265. The number of aliphatic hydroxyl groups is 4. The molecule has 2 aliphatic heterocycles. The van der Waals surface area contributed by atoms with Crippen LogP contribution in [0.5, 0.6) is 0 Å². The van der Waals surface area contributed by atoms with Crippen molar-refractivity contribution in [2.75, 3.05) is 389 Å². The van der Waals surface area contributed by atoms with Crippen molar-refractivity contribution in [3.63, 3.8) is 0 Å². The highest BCUT2D eigenvalue weighted by atomic mass is 16.7. The molecule has 2 fully saturated rings. The van der Waals surface area contributed by atoms with Crippen LogP contribution in [-0.2, 0) is 38.0 Å². The molecular weight excluding hydrogens is 1480 g/mol. The van der Waals surface area contributed by atoms with Crippen LogP contribution < -0.4 is 107 Å². The van der Waals surface area contributed by atoms with Crippen molar-refractivity contribution in [3.8, 4) is 0 Å². The SMILES string of the molecule is CCOC=O.COC1OC(CO)C(OC)C(O)C1N.COC1OC(CO)C(OC)C(O)C1NC=NCCNCCN(CCNCCN(CCN)CCN)CCN(CCN(CCN)CCN)CCN(CCN)CCN.NCCNCCN(CCNCCN(CCN)CCN)CCN(CCN(CCN)CCN)CCN(CCN)CCN.[H+].[HH]. The Morgan fingerprint density at radius 3 is 0.868 bits per heavy atom. The van der Waals surface area contributed by atoms with Crippen LogP contribution in [-0.4, -0.2) is 532 Å². The van der Waals surface area contributed by atoms with Crippen LogP contribution in [0.15, 0.2) is 4.99 Å². The fourth-order valence-corrected chi connectivity index (χ4v) is 13.0. The average Bonchev–Trinajstić information content (AvgIpc) is 0.815. The molecule has 686 valence electrons. The standard InChI is InChI=1S/C35H83N15O5.C26H68N14.C8H17NO5.C3H6O2.H2/c1-53-34-31(29-51)55-35(54-2)32(33(34)52)45-30-44-10-9-42-11-21-49(22-13-43-12-20-46(14-3-36)15-4-37)25-28-50(26-23-47(16-5-38)17-6-39)27-24-48(18-7-40)19-8-41;27-1-8-34-9-19-39(20-11-35-10-18-36(12-2-28)13-3-29)23-26-40(24-21-37(14-4-30)15-5-31)25-22-38(16-6-32)17-7-33;1-12-7-4(3-10)14-8(13-2)5(9)6(7)11;1-2-5-3-4;/h30-35,42-43,51-52H,3-29,36-41H2,1-2H3,(H,44,45);34-35H,1-33H2;4-8,10-11H,3,9H2,1-2H3;3H,2H2,1H3;1H/p+1. The molecule has 2 rings (SSSR count). The molecule has 2 heterocycles. The number of rotatable bonds is 75. The minimum Gasteiger partial charge on any atom is -0.468 e. The van der Waals surface area contributed by atoms with Gasteiger partial charge in [-0.25, -0.2) is 0 Å². The molecule has 2 aliphatic rings. The Bertz CT molecular complexity index is 1990. The van der Waals surface area contributed by atoms with E-state index in [9.17, 15) is 20.1 Å². The molecule has 0 bridgehead atoms. The largest absolute Gasteiger partial charge is 1.00 e. The van der Waals surface area contributed by atoms with Gasteiger partial charge in [0.05, 0.1) is 38.7 Å². The first-order valence-electron chi connectivity index (χ1n) is 41.7. The molecule has 0 saturated carbocycles. The molecule has 10 atom stereocenters. The second kappa shape index (κ2) is 81.4. The molecule has 42 nitrogen and oxygen atoms in total. The first-order chi connectivity index (χ1) is 55.5. The van der Waals surface area contributed by atoms with Crippen LogP contribution in [0.2, 0.25) is 0 Å². The number of nitrogens with zero attached hydrogens (tertiary/aromatic N) is 11. The van der Waals surface area contributed by atoms with Crippen LogP contribution in [0.4, 0.5) is 0 Å². The zero-order valence-corrected chi connectivity index (χ0v) is 71.4. The molecule has 37 N–H and O–H groups in total. The molecule has 0 radical (unpaired) electrons. The quantitative estimate of drug-likeness (QED) is 0.0116. The van der Waals surface area contributed by atoms with Gasteiger partial charge in [0.25, 0.3) is 6.47 Å². The summed E-state index contributed by atoms with van der Waals surface area (Å²) in [6, 6.07) is -1.28. The molecule has 10 unspecified atom stereocenters. The lowest BCUT2D eigenvalue weighted by Gasteiger charge is -2.42. The van der Waals surface area contributed by atoms with E-state index >= 15 is 0 Å². The number of aliphatic imine (C=N–C) groups is 1. The van der Waals surface area contributed by atoms with Gasteiger partial charge in [0.2, 0.25) is 0 Å². The zero-order valence-electron chi connectivity index (χ0n) is 72.4. The lowest BCUT2D eigenvalue weighted by Crippen LogP contribution is -2.64. The maximum absolute atomic E-state index is 10.8. The van der Waals surface area contributed by atoms with Crippen molar-refractivity contribution in [1.82, 2.24) is 75.6 Å². The molecule has 0 aromatic rings. The number of hydrogen-bond donors (Lipinski definition) is 23. The maximum atomic E-state index is 10.8. The third kappa shape index (κ3) is 56.8. The van der Waals surface area contributed by atoms with Gasteiger partial charge in [-0.2, -0.15) is 0 Å². The summed E-state index contributed by atoms with van der Waals surface area (Å²) >= 11 is 0. The van der Waals surface area contributed by atoms with Crippen molar-refractivity contribution in [3.05, 3.63) is 0 Å². The van der Waals surface area contributed by atoms with E-state index in [2.05, 4.69) is 85.3 Å². The number of methoxy groups -OCH3 is 4. The zero-order chi connectivity index (χ0) is 85.0. The van der Waals surface area contributed by atoms with Crippen molar-refractivity contribution in [2.45, 2.75) is 68.2 Å². The van der Waals surface area contributed by atoms with Gasteiger partial charge in [-0.15, -0.1) is 0 Å². The highest BCUT2D eigenvalue weighted by Crippen LogP contribution is 2.24. The first kappa shape index (κ1) is 113. The summed E-state index contributed by atoms with van der Waals surface area (Å²) in [5.74, 6) is 0. The van der Waals surface area contributed by atoms with Crippen LogP contribution in [0.1, 0.15) is 9.78 Å². The van der Waals surface area contributed by atoms with Gasteiger partial charge in [-0.3, -0.25) is 58.8 Å². The van der Waals surface area contributed by atoms with Crippen LogP contribution in [0.3, 0.4) is 0 Å². The molecule has 42 heteroatoms. The highest BCUT2D eigenvalue weighted by Gasteiger charge is 2.46. The number of hydrogen-bond acceptors (Lipinski definition) is 41. The average molecular weight is 1660 g/mol. The van der Waals surface area contributed by atoms with E-state index in [1.807, 2.05) is 0 Å². The highest BCUT2D eigenvalue weighted by molar-refractivity contribution is 5.55. The van der Waals surface area contributed by atoms with Gasteiger partial charge in [-0.1, -0.05) is 0 Å². The third-order valence-electron chi connectivity index (χ3n) is 19.5. The van der Waals surface area contributed by atoms with Crippen LogP contribution in [0, 0.1) is 0 Å². The number of nitrogens with one attached hydrogen (secondary N) is 5. The molecule has 0 aromatic carbocycles. The van der Waals surface area contributed by atoms with E-state index in [0.717, 1.165) is 242 Å². The Morgan fingerprint density at radius 1 is 0.368 bits per heavy atom. The molecule has 0 amide bonds. The number of carbonyl (C=O) groups is 1. The van der Waals surface area contributed by atoms with Gasteiger partial charge in [0.1, 0.15) is 42.7 Å². The second-order valence-electron chi connectivity index (χ2n) is 27.8. The normalized spacial score (nSPS) is 20.0. The van der Waals surface area contributed by atoms with Gasteiger partial charge >= 0.3 is 1.43 Å². The van der Waals surface area contributed by atoms with E-state index in [0.29, 0.717) is 111 Å². The molecule has 0 aromatic heterocycles. The Labute approximate surface area is 689 Å². The van der Waals surface area contributed by atoms with Crippen molar-refractivity contribution >= 4 is 12.8 Å². The predicted octanol–water partition coefficient (Wildman–Crippen LogP) is -13.9. The summed E-state index contributed by atoms with van der Waals surface area (Å²) in [6.07, 6.45) is -4.38. The Kier molecular flexibility index (Phi) is 81.0.